The summed E-state index contributed by atoms with van der Waals surface area (Å²) in [5, 5.41) is 13.4. The molecule has 1 amide bonds. The van der Waals surface area contributed by atoms with Crippen LogP contribution in [0.2, 0.25) is 0 Å². The fourth-order valence-electron chi connectivity index (χ4n) is 2.10. The number of nitrogens with zero attached hydrogens (tertiary/aromatic N) is 5. The van der Waals surface area contributed by atoms with E-state index in [1.165, 1.54) is 0 Å². The zero-order chi connectivity index (χ0) is 12.3. The van der Waals surface area contributed by atoms with Gasteiger partial charge < -0.3 is 9.80 Å². The number of aromatic amines is 1. The number of likely N-dealkylation sites (N-methyl/N-ethyl adjacent to an activating group) is 1. The first kappa shape index (κ1) is 12.0. The van der Waals surface area contributed by atoms with Gasteiger partial charge in [-0.05, 0) is 33.0 Å². The summed E-state index contributed by atoms with van der Waals surface area (Å²) in [6.07, 6.45) is 2.29. The lowest BCUT2D eigenvalue weighted by Gasteiger charge is -2.35. The molecule has 2 rings (SSSR count). The van der Waals surface area contributed by atoms with Gasteiger partial charge in [0.15, 0.2) is 5.82 Å². The van der Waals surface area contributed by atoms with E-state index in [1.54, 1.807) is 0 Å². The first-order valence-electron chi connectivity index (χ1n) is 5.83. The molecule has 1 aliphatic heterocycles. The highest BCUT2D eigenvalue weighted by Gasteiger charge is 2.24. The molecule has 7 heteroatoms. The average Bonchev–Trinajstić information content (AvgIpc) is 2.82. The molecule has 0 aliphatic carbocycles. The number of hydrogen-bond acceptors (Lipinski definition) is 5. The summed E-state index contributed by atoms with van der Waals surface area (Å²) in [5.74, 6) is 0.510. The number of aromatic nitrogens is 4. The maximum atomic E-state index is 12.0. The van der Waals surface area contributed by atoms with Crippen LogP contribution in [0.4, 0.5) is 0 Å². The fraction of sp³-hybridized carbons (Fsp3) is 0.800. The molecule has 1 aromatic rings. The van der Waals surface area contributed by atoms with Crippen molar-refractivity contribution in [1.82, 2.24) is 30.4 Å². The monoisotopic (exact) mass is 238 g/mol. The van der Waals surface area contributed by atoms with Gasteiger partial charge >= 0.3 is 0 Å². The summed E-state index contributed by atoms with van der Waals surface area (Å²) < 4.78 is 0. The largest absolute Gasteiger partial charge is 0.342 e. The van der Waals surface area contributed by atoms with E-state index >= 15 is 0 Å². The van der Waals surface area contributed by atoms with Crippen LogP contribution in [0, 0.1) is 0 Å². The highest BCUT2D eigenvalue weighted by atomic mass is 16.2. The lowest BCUT2D eigenvalue weighted by molar-refractivity contribution is -0.132. The van der Waals surface area contributed by atoms with E-state index < -0.39 is 0 Å². The first-order chi connectivity index (χ1) is 8.16. The molecule has 94 valence electrons. The van der Waals surface area contributed by atoms with Gasteiger partial charge in [0, 0.05) is 13.1 Å². The van der Waals surface area contributed by atoms with Crippen LogP contribution in [-0.2, 0) is 11.2 Å². The smallest absolute Gasteiger partial charge is 0.230 e. The average molecular weight is 238 g/mol. The molecule has 0 radical (unpaired) electrons. The zero-order valence-electron chi connectivity index (χ0n) is 10.3. The molecule has 1 fully saturated rings. The van der Waals surface area contributed by atoms with Crippen molar-refractivity contribution in [2.24, 2.45) is 0 Å². The number of rotatable bonds is 3. The van der Waals surface area contributed by atoms with Crippen LogP contribution in [0.1, 0.15) is 18.7 Å². The van der Waals surface area contributed by atoms with E-state index in [0.717, 1.165) is 25.9 Å². The Bertz CT molecular complexity index is 357. The fourth-order valence-corrected chi connectivity index (χ4v) is 2.10. The van der Waals surface area contributed by atoms with E-state index in [9.17, 15) is 4.79 Å². The van der Waals surface area contributed by atoms with Crippen LogP contribution < -0.4 is 0 Å². The van der Waals surface area contributed by atoms with Gasteiger partial charge in [0.2, 0.25) is 5.91 Å². The van der Waals surface area contributed by atoms with Crippen LogP contribution in [0.3, 0.4) is 0 Å². The third-order valence-corrected chi connectivity index (χ3v) is 3.33. The van der Waals surface area contributed by atoms with Gasteiger partial charge in [0.05, 0.1) is 6.42 Å². The Kier molecular flexibility index (Phi) is 3.68. The molecular formula is C10H18N6O. The van der Waals surface area contributed by atoms with Crippen LogP contribution in [-0.4, -0.2) is 69.6 Å². The molecule has 0 spiro atoms. The number of H-pyrrole nitrogens is 1. The van der Waals surface area contributed by atoms with Crippen molar-refractivity contribution >= 4 is 5.91 Å². The Labute approximate surface area is 100 Å². The van der Waals surface area contributed by atoms with Gasteiger partial charge in [0.1, 0.15) is 0 Å². The minimum atomic E-state index is 0.0564. The number of hydrogen-bond donors (Lipinski definition) is 1. The second-order valence-corrected chi connectivity index (χ2v) is 4.54. The van der Waals surface area contributed by atoms with E-state index in [0.29, 0.717) is 11.9 Å². The van der Waals surface area contributed by atoms with Gasteiger partial charge in [-0.3, -0.25) is 4.79 Å². The lowest BCUT2D eigenvalue weighted by Crippen LogP contribution is -2.45. The second kappa shape index (κ2) is 5.22. The molecule has 17 heavy (non-hydrogen) atoms. The van der Waals surface area contributed by atoms with Crippen molar-refractivity contribution < 1.29 is 4.79 Å². The van der Waals surface area contributed by atoms with Gasteiger partial charge in [-0.15, -0.1) is 10.2 Å². The van der Waals surface area contributed by atoms with Crippen molar-refractivity contribution in [2.75, 3.05) is 27.2 Å². The molecule has 1 aromatic heterocycles. The minimum absolute atomic E-state index is 0.0564. The molecule has 1 N–H and O–H groups in total. The maximum Gasteiger partial charge on any atom is 0.230 e. The summed E-state index contributed by atoms with van der Waals surface area (Å²) in [5.41, 5.74) is 0. The molecule has 7 nitrogen and oxygen atoms in total. The van der Waals surface area contributed by atoms with E-state index in [4.69, 9.17) is 0 Å². The van der Waals surface area contributed by atoms with Crippen LogP contribution in [0.5, 0.6) is 0 Å². The highest BCUT2D eigenvalue weighted by molar-refractivity contribution is 5.77. The van der Waals surface area contributed by atoms with Gasteiger partial charge in [0.25, 0.3) is 0 Å². The van der Waals surface area contributed by atoms with Crippen molar-refractivity contribution in [3.8, 4) is 0 Å². The molecule has 1 aliphatic rings. The standard InChI is InChI=1S/C10H18N6O/c1-15-5-3-8(4-6-15)16(2)10(17)7-9-11-13-14-12-9/h8H,3-7H2,1-2H3,(H,11,12,13,14). The van der Waals surface area contributed by atoms with Crippen molar-refractivity contribution in [3.63, 3.8) is 0 Å². The summed E-state index contributed by atoms with van der Waals surface area (Å²) in [4.78, 5) is 16.1. The first-order valence-corrected chi connectivity index (χ1v) is 5.83. The number of amides is 1. The van der Waals surface area contributed by atoms with Crippen LogP contribution >= 0.6 is 0 Å². The van der Waals surface area contributed by atoms with Crippen LogP contribution in [0.15, 0.2) is 0 Å². The highest BCUT2D eigenvalue weighted by Crippen LogP contribution is 2.14. The Hall–Kier alpha value is -1.50. The molecule has 2 heterocycles. The van der Waals surface area contributed by atoms with E-state index in [-0.39, 0.29) is 12.3 Å². The minimum Gasteiger partial charge on any atom is -0.342 e. The van der Waals surface area contributed by atoms with Crippen molar-refractivity contribution in [3.05, 3.63) is 5.82 Å². The predicted octanol–water partition coefficient (Wildman–Crippen LogP) is -0.705. The number of carbonyl (C=O) groups excluding carboxylic acids is 1. The zero-order valence-corrected chi connectivity index (χ0v) is 10.3. The third-order valence-electron chi connectivity index (χ3n) is 3.33. The summed E-state index contributed by atoms with van der Waals surface area (Å²) in [6, 6.07) is 0.339. The molecule has 0 atom stereocenters. The number of nitrogens with one attached hydrogen (secondary N) is 1. The van der Waals surface area contributed by atoms with E-state index in [2.05, 4.69) is 32.6 Å². The Morgan fingerprint density at radius 3 is 2.82 bits per heavy atom. The normalized spacial score (nSPS) is 18.2. The molecular weight excluding hydrogens is 220 g/mol. The third kappa shape index (κ3) is 3.00. The quantitative estimate of drug-likeness (QED) is 0.753. The molecule has 0 bridgehead atoms. The Balaban J connectivity index is 1.86. The lowest BCUT2D eigenvalue weighted by atomic mass is 10.0. The molecule has 1 saturated heterocycles. The number of piperidine rings is 1. The van der Waals surface area contributed by atoms with E-state index in [1.807, 2.05) is 11.9 Å². The SMILES string of the molecule is CN1CCC(N(C)C(=O)Cc2nn[nH]n2)CC1. The summed E-state index contributed by atoms with van der Waals surface area (Å²) in [7, 11) is 3.97. The summed E-state index contributed by atoms with van der Waals surface area (Å²) in [6.45, 7) is 2.09. The topological polar surface area (TPSA) is 78.0 Å². The summed E-state index contributed by atoms with van der Waals surface area (Å²) >= 11 is 0. The van der Waals surface area contributed by atoms with Crippen molar-refractivity contribution in [1.29, 1.82) is 0 Å². The van der Waals surface area contributed by atoms with Gasteiger partial charge in [-0.2, -0.15) is 5.21 Å². The van der Waals surface area contributed by atoms with Crippen LogP contribution in [0.25, 0.3) is 0 Å². The number of tetrazole rings is 1. The van der Waals surface area contributed by atoms with Crippen molar-refractivity contribution in [2.45, 2.75) is 25.3 Å². The van der Waals surface area contributed by atoms with Gasteiger partial charge in [-0.25, -0.2) is 0 Å². The molecule has 0 unspecified atom stereocenters. The second-order valence-electron chi connectivity index (χ2n) is 4.54. The molecule has 0 saturated carbocycles. The van der Waals surface area contributed by atoms with Gasteiger partial charge in [-0.1, -0.05) is 5.21 Å². The number of likely N-dealkylation sites (tertiary alicyclic amines) is 1. The Morgan fingerprint density at radius 1 is 1.53 bits per heavy atom. The maximum absolute atomic E-state index is 12.0. The molecule has 0 aromatic carbocycles. The number of carbonyl (C=O) groups is 1. The Morgan fingerprint density at radius 2 is 2.24 bits per heavy atom. The predicted molar refractivity (Wildman–Crippen MR) is 61.2 cm³/mol.